The lowest BCUT2D eigenvalue weighted by atomic mass is 9.75. The van der Waals surface area contributed by atoms with Gasteiger partial charge in [0.15, 0.2) is 0 Å². The summed E-state index contributed by atoms with van der Waals surface area (Å²) in [4.78, 5) is 0. The Morgan fingerprint density at radius 2 is 2.00 bits per heavy atom. The predicted octanol–water partition coefficient (Wildman–Crippen LogP) is 6.60. The Kier molecular flexibility index (Phi) is 7.80. The van der Waals surface area contributed by atoms with E-state index in [1.807, 2.05) is 30.3 Å². The molecular weight excluding hydrogens is 351 g/mol. The molecule has 0 saturated heterocycles. The summed E-state index contributed by atoms with van der Waals surface area (Å²) in [5.74, 6) is 2.13. The summed E-state index contributed by atoms with van der Waals surface area (Å²) in [6.07, 6.45) is 4.79. The van der Waals surface area contributed by atoms with Gasteiger partial charge in [0, 0.05) is 16.5 Å². The van der Waals surface area contributed by atoms with Crippen molar-refractivity contribution in [3.63, 3.8) is 0 Å². The summed E-state index contributed by atoms with van der Waals surface area (Å²) >= 11 is 5.85. The molecule has 0 amide bonds. The Bertz CT molecular complexity index is 599. The lowest BCUT2D eigenvalue weighted by Gasteiger charge is -2.39. The van der Waals surface area contributed by atoms with Gasteiger partial charge in [-0.15, -0.1) is 11.6 Å². The molecule has 0 heterocycles. The number of hydrogen-bond donors (Lipinski definition) is 0. The standard InChI is InChI=1S/C21H32ClO2P/c1-16(2)20-13-12-17(3)15-21(20)24-25(23,18(4)9-8-14-22)19-10-6-5-7-11-19/h5-7,10-11,16-17,20-21H,4,8-9,12-15H2,1-3H3/t17-,20+,21-,25?/m1/s1. The van der Waals surface area contributed by atoms with Crippen molar-refractivity contribution >= 4 is 24.3 Å². The quantitative estimate of drug-likeness (QED) is 0.374. The topological polar surface area (TPSA) is 26.3 Å². The molecule has 1 aliphatic rings. The summed E-state index contributed by atoms with van der Waals surface area (Å²) in [6, 6.07) is 9.59. The van der Waals surface area contributed by atoms with Crippen LogP contribution in [0.15, 0.2) is 42.2 Å². The second kappa shape index (κ2) is 9.40. The van der Waals surface area contributed by atoms with E-state index >= 15 is 0 Å². The molecule has 2 rings (SSSR count). The minimum absolute atomic E-state index is 0.0301. The molecule has 0 aliphatic heterocycles. The number of halogens is 1. The van der Waals surface area contributed by atoms with Crippen LogP contribution in [-0.2, 0) is 9.09 Å². The van der Waals surface area contributed by atoms with Gasteiger partial charge in [0.1, 0.15) is 0 Å². The number of benzene rings is 1. The highest BCUT2D eigenvalue weighted by molar-refractivity contribution is 7.71. The molecule has 0 N–H and O–H groups in total. The molecule has 0 bridgehead atoms. The average Bonchev–Trinajstić information content (AvgIpc) is 2.60. The molecule has 4 heteroatoms. The Morgan fingerprint density at radius 3 is 2.60 bits per heavy atom. The normalized spacial score (nSPS) is 26.4. The fraction of sp³-hybridized carbons (Fsp3) is 0.619. The molecule has 1 aromatic rings. The van der Waals surface area contributed by atoms with Crippen LogP contribution in [0.2, 0.25) is 0 Å². The lowest BCUT2D eigenvalue weighted by Crippen LogP contribution is -2.34. The van der Waals surface area contributed by atoms with Crippen molar-refractivity contribution in [2.24, 2.45) is 17.8 Å². The predicted molar refractivity (Wildman–Crippen MR) is 109 cm³/mol. The van der Waals surface area contributed by atoms with Crippen molar-refractivity contribution in [3.05, 3.63) is 42.2 Å². The molecule has 1 fully saturated rings. The van der Waals surface area contributed by atoms with E-state index in [2.05, 4.69) is 27.4 Å². The second-order valence-electron chi connectivity index (χ2n) is 7.72. The van der Waals surface area contributed by atoms with Crippen LogP contribution in [0.3, 0.4) is 0 Å². The number of alkyl halides is 1. The highest BCUT2D eigenvalue weighted by Gasteiger charge is 2.39. The van der Waals surface area contributed by atoms with Gasteiger partial charge >= 0.3 is 0 Å². The Labute approximate surface area is 158 Å². The first-order valence-corrected chi connectivity index (χ1v) is 11.6. The van der Waals surface area contributed by atoms with E-state index < -0.39 is 7.37 Å². The average molecular weight is 383 g/mol. The summed E-state index contributed by atoms with van der Waals surface area (Å²) in [5.41, 5.74) is 0. The summed E-state index contributed by atoms with van der Waals surface area (Å²) in [6.45, 7) is 10.9. The van der Waals surface area contributed by atoms with Gasteiger partial charge < -0.3 is 4.52 Å². The molecule has 2 nitrogen and oxygen atoms in total. The fourth-order valence-electron chi connectivity index (χ4n) is 3.79. The van der Waals surface area contributed by atoms with E-state index in [4.69, 9.17) is 16.1 Å². The van der Waals surface area contributed by atoms with Crippen LogP contribution in [0, 0.1) is 17.8 Å². The third kappa shape index (κ3) is 5.22. The minimum Gasteiger partial charge on any atom is -0.319 e. The van der Waals surface area contributed by atoms with Crippen molar-refractivity contribution in [1.82, 2.24) is 0 Å². The van der Waals surface area contributed by atoms with Crippen molar-refractivity contribution in [2.45, 2.75) is 59.0 Å². The van der Waals surface area contributed by atoms with Crippen molar-refractivity contribution in [3.8, 4) is 0 Å². The number of hydrogen-bond acceptors (Lipinski definition) is 2. The Balaban J connectivity index is 2.31. The van der Waals surface area contributed by atoms with Crippen molar-refractivity contribution in [1.29, 1.82) is 0 Å². The maximum absolute atomic E-state index is 14.0. The van der Waals surface area contributed by atoms with E-state index in [0.29, 0.717) is 35.4 Å². The van der Waals surface area contributed by atoms with Crippen LogP contribution in [0.5, 0.6) is 0 Å². The van der Waals surface area contributed by atoms with E-state index in [-0.39, 0.29) is 6.10 Å². The zero-order chi connectivity index (χ0) is 18.4. The van der Waals surface area contributed by atoms with Gasteiger partial charge in [-0.1, -0.05) is 52.0 Å². The van der Waals surface area contributed by atoms with E-state index in [9.17, 15) is 4.57 Å². The SMILES string of the molecule is C=C(CCCCl)P(=O)(O[C@@H]1C[C@H](C)CC[C@H]1C(C)C)c1ccccc1. The zero-order valence-corrected chi connectivity index (χ0v) is 17.4. The van der Waals surface area contributed by atoms with Gasteiger partial charge in [-0.05, 0) is 55.6 Å². The zero-order valence-electron chi connectivity index (χ0n) is 15.8. The van der Waals surface area contributed by atoms with Crippen LogP contribution in [0.1, 0.15) is 52.9 Å². The molecule has 1 unspecified atom stereocenters. The van der Waals surface area contributed by atoms with E-state index in [1.165, 1.54) is 6.42 Å². The minimum atomic E-state index is -3.12. The van der Waals surface area contributed by atoms with Crippen molar-refractivity contribution in [2.75, 3.05) is 5.88 Å². The van der Waals surface area contributed by atoms with Gasteiger partial charge in [-0.25, -0.2) is 0 Å². The molecule has 1 saturated carbocycles. The lowest BCUT2D eigenvalue weighted by molar-refractivity contribution is 0.0507. The first-order valence-electron chi connectivity index (χ1n) is 9.46. The Morgan fingerprint density at radius 1 is 1.32 bits per heavy atom. The van der Waals surface area contributed by atoms with Gasteiger partial charge in [0.2, 0.25) is 0 Å². The van der Waals surface area contributed by atoms with Gasteiger partial charge in [0.25, 0.3) is 7.37 Å². The van der Waals surface area contributed by atoms with Gasteiger partial charge in [-0.3, -0.25) is 4.57 Å². The monoisotopic (exact) mass is 382 g/mol. The first kappa shape index (κ1) is 20.7. The molecule has 1 aliphatic carbocycles. The van der Waals surface area contributed by atoms with Crippen LogP contribution in [-0.4, -0.2) is 12.0 Å². The maximum Gasteiger partial charge on any atom is 0.257 e. The Hall–Kier alpha value is -0.560. The number of allylic oxidation sites excluding steroid dienone is 1. The van der Waals surface area contributed by atoms with Crippen LogP contribution in [0.25, 0.3) is 0 Å². The molecule has 25 heavy (non-hydrogen) atoms. The highest BCUT2D eigenvalue weighted by Crippen LogP contribution is 2.58. The fourth-order valence-corrected chi connectivity index (χ4v) is 6.20. The smallest absolute Gasteiger partial charge is 0.257 e. The molecule has 1 aromatic carbocycles. The van der Waals surface area contributed by atoms with E-state index in [1.54, 1.807) is 0 Å². The highest BCUT2D eigenvalue weighted by atomic mass is 35.5. The molecule has 140 valence electrons. The molecule has 0 spiro atoms. The summed E-state index contributed by atoms with van der Waals surface area (Å²) in [7, 11) is -3.12. The van der Waals surface area contributed by atoms with Gasteiger partial charge in [0.05, 0.1) is 6.10 Å². The molecule has 4 atom stereocenters. The first-order chi connectivity index (χ1) is 11.9. The van der Waals surface area contributed by atoms with E-state index in [0.717, 1.165) is 24.6 Å². The summed E-state index contributed by atoms with van der Waals surface area (Å²) < 4.78 is 20.5. The maximum atomic E-state index is 14.0. The van der Waals surface area contributed by atoms with Crippen LogP contribution < -0.4 is 5.30 Å². The number of rotatable bonds is 8. The molecular formula is C21H32ClO2P. The third-order valence-corrected chi connectivity index (χ3v) is 8.23. The molecule has 0 radical (unpaired) electrons. The van der Waals surface area contributed by atoms with Crippen molar-refractivity contribution < 1.29 is 9.09 Å². The summed E-state index contributed by atoms with van der Waals surface area (Å²) in [5, 5.41) is 1.45. The largest absolute Gasteiger partial charge is 0.319 e. The molecule has 0 aromatic heterocycles. The third-order valence-electron chi connectivity index (χ3n) is 5.36. The van der Waals surface area contributed by atoms with Crippen LogP contribution >= 0.6 is 19.0 Å². The second-order valence-corrected chi connectivity index (χ2v) is 10.6. The van der Waals surface area contributed by atoms with Gasteiger partial charge in [-0.2, -0.15) is 0 Å². The van der Waals surface area contributed by atoms with Crippen LogP contribution in [0.4, 0.5) is 0 Å².